The molecule has 214 valence electrons. The van der Waals surface area contributed by atoms with E-state index in [1.165, 1.54) is 17.0 Å². The average Bonchev–Trinajstić information content (AvgIpc) is 2.95. The molecule has 0 saturated heterocycles. The van der Waals surface area contributed by atoms with Crippen molar-refractivity contribution in [3.63, 3.8) is 0 Å². The molecular weight excluding hydrogens is 526 g/mol. The van der Waals surface area contributed by atoms with Crippen LogP contribution in [0.15, 0.2) is 77.7 Å². The Morgan fingerprint density at radius 1 is 0.925 bits per heavy atom. The van der Waals surface area contributed by atoms with Gasteiger partial charge in [0.25, 0.3) is 10.0 Å². The van der Waals surface area contributed by atoms with Gasteiger partial charge in [-0.05, 0) is 75.6 Å². The van der Waals surface area contributed by atoms with Crippen LogP contribution in [0.1, 0.15) is 43.9 Å². The van der Waals surface area contributed by atoms with Gasteiger partial charge < -0.3 is 15.0 Å². The lowest BCUT2D eigenvalue weighted by molar-refractivity contribution is -0.139. The van der Waals surface area contributed by atoms with E-state index in [4.69, 9.17) is 4.74 Å². The number of hydrogen-bond acceptors (Lipinski definition) is 5. The molecule has 0 spiro atoms. The van der Waals surface area contributed by atoms with Crippen molar-refractivity contribution in [2.75, 3.05) is 18.0 Å². The number of amides is 2. The second kappa shape index (κ2) is 13.5. The summed E-state index contributed by atoms with van der Waals surface area (Å²) in [5, 5.41) is 2.94. The van der Waals surface area contributed by atoms with Crippen molar-refractivity contribution in [2.24, 2.45) is 0 Å². The Morgan fingerprint density at radius 3 is 2.12 bits per heavy atom. The molecule has 0 fully saturated rings. The van der Waals surface area contributed by atoms with Gasteiger partial charge in [0.15, 0.2) is 0 Å². The fourth-order valence-corrected chi connectivity index (χ4v) is 5.65. The van der Waals surface area contributed by atoms with Gasteiger partial charge in [-0.25, -0.2) is 8.42 Å². The van der Waals surface area contributed by atoms with Gasteiger partial charge in [0.2, 0.25) is 11.8 Å². The number of rotatable bonds is 12. The molecule has 1 N–H and O–H groups in total. The lowest BCUT2D eigenvalue weighted by Crippen LogP contribution is -2.52. The molecular formula is C31H39N3O5S. The van der Waals surface area contributed by atoms with Crippen LogP contribution in [0.3, 0.4) is 0 Å². The summed E-state index contributed by atoms with van der Waals surface area (Å²) in [7, 11) is -2.53. The molecule has 3 aromatic carbocycles. The van der Waals surface area contributed by atoms with E-state index in [1.54, 1.807) is 63.4 Å². The molecule has 2 atom stereocenters. The first-order valence-electron chi connectivity index (χ1n) is 13.4. The lowest BCUT2D eigenvalue weighted by Gasteiger charge is -2.33. The summed E-state index contributed by atoms with van der Waals surface area (Å²) in [4.78, 5) is 28.7. The maximum Gasteiger partial charge on any atom is 0.264 e. The van der Waals surface area contributed by atoms with Crippen molar-refractivity contribution in [3.8, 4) is 5.75 Å². The highest BCUT2D eigenvalue weighted by Crippen LogP contribution is 2.27. The number of anilines is 1. The molecule has 0 aromatic heterocycles. The number of carbonyl (C=O) groups excluding carboxylic acids is 2. The SMILES string of the molecule is CC[C@H](C)NC(=O)[C@@H](C)N(Cc1ccc(OC)cc1)C(=O)CN(c1ccccc1C)S(=O)(=O)c1ccc(C)cc1. The van der Waals surface area contributed by atoms with Crippen LogP contribution in [0.5, 0.6) is 5.75 Å². The van der Waals surface area contributed by atoms with Crippen molar-refractivity contribution in [2.45, 2.75) is 64.6 Å². The number of benzene rings is 3. The van der Waals surface area contributed by atoms with Crippen molar-refractivity contribution in [1.29, 1.82) is 0 Å². The Morgan fingerprint density at radius 2 is 1.55 bits per heavy atom. The van der Waals surface area contributed by atoms with Crippen LogP contribution in [0.25, 0.3) is 0 Å². The zero-order valence-electron chi connectivity index (χ0n) is 24.0. The smallest absolute Gasteiger partial charge is 0.264 e. The van der Waals surface area contributed by atoms with Gasteiger partial charge in [-0.1, -0.05) is 55.0 Å². The maximum atomic E-state index is 14.0. The van der Waals surface area contributed by atoms with Gasteiger partial charge in [0, 0.05) is 12.6 Å². The fourth-order valence-electron chi connectivity index (χ4n) is 4.17. The zero-order valence-corrected chi connectivity index (χ0v) is 24.9. The minimum absolute atomic E-state index is 0.0710. The third-order valence-corrected chi connectivity index (χ3v) is 8.73. The number of nitrogens with one attached hydrogen (secondary N) is 1. The first-order valence-corrected chi connectivity index (χ1v) is 14.8. The molecule has 0 bridgehead atoms. The van der Waals surface area contributed by atoms with E-state index in [-0.39, 0.29) is 23.4 Å². The Bertz CT molecular complexity index is 1410. The van der Waals surface area contributed by atoms with Crippen molar-refractivity contribution in [1.82, 2.24) is 10.2 Å². The van der Waals surface area contributed by atoms with E-state index in [9.17, 15) is 18.0 Å². The number of para-hydroxylation sites is 1. The predicted octanol–water partition coefficient (Wildman–Crippen LogP) is 4.84. The molecule has 0 heterocycles. The van der Waals surface area contributed by atoms with Crippen LogP contribution < -0.4 is 14.4 Å². The molecule has 3 rings (SSSR count). The van der Waals surface area contributed by atoms with Crippen molar-refractivity contribution >= 4 is 27.5 Å². The summed E-state index contributed by atoms with van der Waals surface area (Å²) < 4.78 is 34.2. The van der Waals surface area contributed by atoms with Gasteiger partial charge >= 0.3 is 0 Å². The van der Waals surface area contributed by atoms with Gasteiger partial charge in [-0.3, -0.25) is 13.9 Å². The molecule has 0 unspecified atom stereocenters. The summed E-state index contributed by atoms with van der Waals surface area (Å²) in [5.74, 6) is -0.138. The van der Waals surface area contributed by atoms with E-state index in [0.717, 1.165) is 21.9 Å². The summed E-state index contributed by atoms with van der Waals surface area (Å²) in [5.41, 5.74) is 2.80. The van der Waals surface area contributed by atoms with Gasteiger partial charge in [0.1, 0.15) is 18.3 Å². The van der Waals surface area contributed by atoms with Gasteiger partial charge in [0.05, 0.1) is 17.7 Å². The Balaban J connectivity index is 2.03. The summed E-state index contributed by atoms with van der Waals surface area (Å²) in [6.07, 6.45) is 0.737. The fraction of sp³-hybridized carbons (Fsp3) is 0.355. The summed E-state index contributed by atoms with van der Waals surface area (Å²) in [6, 6.07) is 19.8. The van der Waals surface area contributed by atoms with E-state index in [2.05, 4.69) is 5.32 Å². The number of ether oxygens (including phenoxy) is 1. The molecule has 0 aliphatic heterocycles. The molecule has 0 radical (unpaired) electrons. The summed E-state index contributed by atoms with van der Waals surface area (Å²) in [6.45, 7) is 8.84. The Labute approximate surface area is 238 Å². The lowest BCUT2D eigenvalue weighted by atomic mass is 10.1. The highest BCUT2D eigenvalue weighted by atomic mass is 32.2. The van der Waals surface area contributed by atoms with Crippen LogP contribution in [-0.4, -0.2) is 50.9 Å². The summed E-state index contributed by atoms with van der Waals surface area (Å²) >= 11 is 0. The van der Waals surface area contributed by atoms with Crippen LogP contribution in [0.2, 0.25) is 0 Å². The average molecular weight is 566 g/mol. The minimum Gasteiger partial charge on any atom is -0.497 e. The number of aryl methyl sites for hydroxylation is 2. The number of hydrogen-bond donors (Lipinski definition) is 1. The number of sulfonamides is 1. The molecule has 0 saturated carbocycles. The van der Waals surface area contributed by atoms with Crippen LogP contribution >= 0.6 is 0 Å². The van der Waals surface area contributed by atoms with E-state index in [1.807, 2.05) is 39.0 Å². The topological polar surface area (TPSA) is 96.0 Å². The molecule has 8 nitrogen and oxygen atoms in total. The molecule has 40 heavy (non-hydrogen) atoms. The normalized spacial score (nSPS) is 12.8. The van der Waals surface area contributed by atoms with Crippen LogP contribution in [0.4, 0.5) is 5.69 Å². The number of methoxy groups -OCH3 is 1. The van der Waals surface area contributed by atoms with E-state index < -0.39 is 28.5 Å². The largest absolute Gasteiger partial charge is 0.497 e. The second-order valence-electron chi connectivity index (χ2n) is 9.97. The van der Waals surface area contributed by atoms with Crippen molar-refractivity contribution in [3.05, 3.63) is 89.5 Å². The van der Waals surface area contributed by atoms with Crippen molar-refractivity contribution < 1.29 is 22.7 Å². The Kier molecular flexibility index (Phi) is 10.3. The van der Waals surface area contributed by atoms with E-state index in [0.29, 0.717) is 17.0 Å². The molecule has 3 aromatic rings. The monoisotopic (exact) mass is 565 g/mol. The molecule has 0 aliphatic carbocycles. The first kappa shape index (κ1) is 30.7. The molecule has 9 heteroatoms. The third-order valence-electron chi connectivity index (χ3n) is 6.95. The first-order chi connectivity index (χ1) is 19.0. The highest BCUT2D eigenvalue weighted by Gasteiger charge is 2.33. The minimum atomic E-state index is -4.10. The predicted molar refractivity (Wildman–Crippen MR) is 158 cm³/mol. The van der Waals surface area contributed by atoms with Gasteiger partial charge in [-0.15, -0.1) is 0 Å². The molecule has 0 aliphatic rings. The standard InChI is InChI=1S/C31H39N3O5S/c1-7-24(4)32-31(36)25(5)33(20-26-14-16-27(39-6)17-15-26)30(35)21-34(29-11-9-8-10-23(29)3)40(37,38)28-18-12-22(2)13-19-28/h8-19,24-25H,7,20-21H2,1-6H3,(H,32,36)/t24-,25+/m0/s1. The van der Waals surface area contributed by atoms with Gasteiger partial charge in [-0.2, -0.15) is 0 Å². The quantitative estimate of drug-likeness (QED) is 0.339. The Hall–Kier alpha value is -3.85. The van der Waals surface area contributed by atoms with Crippen LogP contribution in [0, 0.1) is 13.8 Å². The van der Waals surface area contributed by atoms with E-state index >= 15 is 0 Å². The number of carbonyl (C=O) groups is 2. The zero-order chi connectivity index (χ0) is 29.4. The maximum absolute atomic E-state index is 14.0. The molecule has 2 amide bonds. The van der Waals surface area contributed by atoms with Crippen LogP contribution in [-0.2, 0) is 26.2 Å². The highest BCUT2D eigenvalue weighted by molar-refractivity contribution is 7.92. The third kappa shape index (κ3) is 7.41. The number of nitrogens with zero attached hydrogens (tertiary/aromatic N) is 2. The second-order valence-corrected chi connectivity index (χ2v) is 11.8.